The van der Waals surface area contributed by atoms with Crippen molar-refractivity contribution in [3.8, 4) is 0 Å². The molecule has 0 radical (unpaired) electrons. The Morgan fingerprint density at radius 3 is 2.69 bits per heavy atom. The van der Waals surface area contributed by atoms with Gasteiger partial charge in [0.1, 0.15) is 0 Å². The molecule has 0 unspecified atom stereocenters. The average Bonchev–Trinajstić information content (AvgIpc) is 3.58. The molecule has 5 fully saturated rings. The SMILES string of the molecule is C[C@]12CC[C@H]3[C@H]([C@@H]1[C@@H]1C[C@@H]1[C@@]2(O)/C=C\C(=O)O)[C@H](C1CC1)CC1=CC(=O)CC[C@@H]13. The third-order valence-electron chi connectivity index (χ3n) is 10.1. The van der Waals surface area contributed by atoms with Crippen molar-refractivity contribution < 1.29 is 19.8 Å². The van der Waals surface area contributed by atoms with Crippen molar-refractivity contribution in [3.63, 3.8) is 0 Å². The fourth-order valence-electron chi connectivity index (χ4n) is 8.83. The van der Waals surface area contributed by atoms with Gasteiger partial charge in [-0.1, -0.05) is 12.5 Å². The van der Waals surface area contributed by atoms with Crippen LogP contribution in [0.3, 0.4) is 0 Å². The predicted molar refractivity (Wildman–Crippen MR) is 108 cm³/mol. The Morgan fingerprint density at radius 1 is 1.17 bits per heavy atom. The zero-order valence-electron chi connectivity index (χ0n) is 17.2. The molecule has 0 heterocycles. The van der Waals surface area contributed by atoms with E-state index in [4.69, 9.17) is 0 Å². The molecule has 5 saturated carbocycles. The lowest BCUT2D eigenvalue weighted by atomic mass is 9.46. The number of ketones is 1. The maximum Gasteiger partial charge on any atom is 0.328 e. The molecule has 29 heavy (non-hydrogen) atoms. The molecular formula is C25H32O4. The number of hydrogen-bond donors (Lipinski definition) is 2. The topological polar surface area (TPSA) is 74.6 Å². The molecule has 0 aromatic rings. The highest BCUT2D eigenvalue weighted by Crippen LogP contribution is 2.77. The summed E-state index contributed by atoms with van der Waals surface area (Å²) in [5, 5.41) is 21.0. The lowest BCUT2D eigenvalue weighted by Gasteiger charge is -2.59. The first kappa shape index (κ1) is 18.4. The summed E-state index contributed by atoms with van der Waals surface area (Å²) in [6.07, 6.45) is 13.4. The quantitative estimate of drug-likeness (QED) is 0.708. The maximum absolute atomic E-state index is 12.1. The number of aliphatic carboxylic acids is 1. The largest absolute Gasteiger partial charge is 0.478 e. The number of carbonyl (C=O) groups excluding carboxylic acids is 1. The van der Waals surface area contributed by atoms with Crippen LogP contribution in [0.15, 0.2) is 23.8 Å². The van der Waals surface area contributed by atoms with Crippen molar-refractivity contribution in [2.75, 3.05) is 0 Å². The van der Waals surface area contributed by atoms with E-state index >= 15 is 0 Å². The minimum Gasteiger partial charge on any atom is -0.478 e. The summed E-state index contributed by atoms with van der Waals surface area (Å²) < 4.78 is 0. The van der Waals surface area contributed by atoms with Crippen molar-refractivity contribution in [2.45, 2.75) is 63.9 Å². The standard InChI is InChI=1S/C25H32O4/c1-24-8-6-17-16-5-4-15(26)10-14(16)11-18(13-2-3-13)22(17)23(24)19-12-20(19)25(24,29)9-7-21(27)28/h7,9-10,13,16-20,22-23,29H,2-6,8,11-12H2,1H3,(H,27,28)/b9-7-/t16-,17+,18-,19+,20-,22-,23-,24-,25-/m0/s1. The van der Waals surface area contributed by atoms with E-state index in [2.05, 4.69) is 6.92 Å². The number of hydrogen-bond acceptors (Lipinski definition) is 3. The Kier molecular flexibility index (Phi) is 3.70. The van der Waals surface area contributed by atoms with Crippen LogP contribution in [0.1, 0.15) is 58.3 Å². The first-order valence-corrected chi connectivity index (χ1v) is 11.7. The number of carbonyl (C=O) groups is 2. The van der Waals surface area contributed by atoms with Crippen molar-refractivity contribution in [1.29, 1.82) is 0 Å². The van der Waals surface area contributed by atoms with E-state index in [-0.39, 0.29) is 11.3 Å². The van der Waals surface area contributed by atoms with E-state index in [0.29, 0.717) is 47.7 Å². The van der Waals surface area contributed by atoms with Crippen LogP contribution in [0.2, 0.25) is 0 Å². The van der Waals surface area contributed by atoms with Crippen LogP contribution < -0.4 is 0 Å². The summed E-state index contributed by atoms with van der Waals surface area (Å²) in [5.74, 6) is 3.95. The van der Waals surface area contributed by atoms with Crippen molar-refractivity contribution in [1.82, 2.24) is 0 Å². The van der Waals surface area contributed by atoms with E-state index in [1.165, 1.54) is 24.5 Å². The molecule has 0 aliphatic heterocycles. The Bertz CT molecular complexity index is 838. The minimum atomic E-state index is -0.974. The van der Waals surface area contributed by atoms with Crippen molar-refractivity contribution in [3.05, 3.63) is 23.8 Å². The monoisotopic (exact) mass is 396 g/mol. The number of aliphatic hydroxyl groups is 1. The number of carboxylic acid groups (broad SMARTS) is 1. The summed E-state index contributed by atoms with van der Waals surface area (Å²) in [4.78, 5) is 23.3. The third-order valence-corrected chi connectivity index (χ3v) is 10.1. The third kappa shape index (κ3) is 2.41. The van der Waals surface area contributed by atoms with E-state index in [1.807, 2.05) is 6.08 Å². The Hall–Kier alpha value is -1.42. The number of carboxylic acids is 1. The van der Waals surface area contributed by atoms with Crippen LogP contribution in [0.25, 0.3) is 0 Å². The van der Waals surface area contributed by atoms with Gasteiger partial charge in [0.05, 0.1) is 5.60 Å². The van der Waals surface area contributed by atoms with Crippen LogP contribution in [0, 0.1) is 52.8 Å². The van der Waals surface area contributed by atoms with Crippen LogP contribution >= 0.6 is 0 Å². The zero-order valence-corrected chi connectivity index (χ0v) is 17.2. The van der Waals surface area contributed by atoms with Gasteiger partial charge < -0.3 is 10.2 Å². The highest BCUT2D eigenvalue weighted by Gasteiger charge is 2.76. The number of rotatable bonds is 3. The zero-order chi connectivity index (χ0) is 20.1. The molecule has 0 amide bonds. The maximum atomic E-state index is 12.1. The molecule has 9 atom stereocenters. The minimum absolute atomic E-state index is 0.216. The molecule has 4 heteroatoms. The summed E-state index contributed by atoms with van der Waals surface area (Å²) in [6.45, 7) is 2.26. The van der Waals surface area contributed by atoms with E-state index in [9.17, 15) is 19.8 Å². The molecule has 4 nitrogen and oxygen atoms in total. The lowest BCUT2D eigenvalue weighted by molar-refractivity contribution is -0.134. The van der Waals surface area contributed by atoms with Crippen molar-refractivity contribution in [2.24, 2.45) is 52.8 Å². The summed E-state index contributed by atoms with van der Waals surface area (Å²) in [7, 11) is 0. The Balaban J connectivity index is 1.41. The van der Waals surface area contributed by atoms with E-state index in [1.54, 1.807) is 6.08 Å². The second-order valence-corrected chi connectivity index (χ2v) is 11.3. The first-order valence-electron chi connectivity index (χ1n) is 11.7. The molecule has 6 aliphatic carbocycles. The van der Waals surface area contributed by atoms with Crippen molar-refractivity contribution >= 4 is 11.8 Å². The second-order valence-electron chi connectivity index (χ2n) is 11.3. The van der Waals surface area contributed by atoms with Gasteiger partial charge in [-0.15, -0.1) is 0 Å². The summed E-state index contributed by atoms with van der Waals surface area (Å²) in [5.41, 5.74) is 0.250. The molecule has 156 valence electrons. The molecule has 0 aromatic heterocycles. The predicted octanol–water partition coefficient (Wildman–Crippen LogP) is 3.99. The lowest BCUT2D eigenvalue weighted by Crippen LogP contribution is -2.56. The van der Waals surface area contributed by atoms with Gasteiger partial charge in [0.2, 0.25) is 0 Å². The highest BCUT2D eigenvalue weighted by molar-refractivity contribution is 5.91. The first-order chi connectivity index (χ1) is 13.8. The highest BCUT2D eigenvalue weighted by atomic mass is 16.4. The average molecular weight is 397 g/mol. The second kappa shape index (κ2) is 5.84. The van der Waals surface area contributed by atoms with Gasteiger partial charge in [-0.2, -0.15) is 0 Å². The van der Waals surface area contributed by atoms with Crippen LogP contribution in [0.5, 0.6) is 0 Å². The fourth-order valence-corrected chi connectivity index (χ4v) is 8.83. The summed E-state index contributed by atoms with van der Waals surface area (Å²) >= 11 is 0. The molecule has 2 N–H and O–H groups in total. The molecule has 6 rings (SSSR count). The van der Waals surface area contributed by atoms with Crippen LogP contribution in [0.4, 0.5) is 0 Å². The number of allylic oxidation sites excluding steroid dienone is 1. The number of fused-ring (bicyclic) bond motifs is 7. The van der Waals surface area contributed by atoms with Gasteiger partial charge in [0.25, 0.3) is 0 Å². The normalized spacial score (nSPS) is 53.0. The van der Waals surface area contributed by atoms with Gasteiger partial charge in [-0.05, 0) is 104 Å². The smallest absolute Gasteiger partial charge is 0.328 e. The van der Waals surface area contributed by atoms with Crippen LogP contribution in [-0.2, 0) is 9.59 Å². The van der Waals surface area contributed by atoms with E-state index < -0.39 is 11.6 Å². The summed E-state index contributed by atoms with van der Waals surface area (Å²) in [6, 6.07) is 0. The van der Waals surface area contributed by atoms with E-state index in [0.717, 1.165) is 38.0 Å². The van der Waals surface area contributed by atoms with Gasteiger partial charge in [-0.25, -0.2) is 4.79 Å². The van der Waals surface area contributed by atoms with Gasteiger partial charge in [0, 0.05) is 17.9 Å². The molecular weight excluding hydrogens is 364 g/mol. The van der Waals surface area contributed by atoms with Crippen LogP contribution in [-0.4, -0.2) is 27.6 Å². The molecule has 0 bridgehead atoms. The molecule has 0 spiro atoms. The van der Waals surface area contributed by atoms with Gasteiger partial charge >= 0.3 is 5.97 Å². The Labute approximate surface area is 172 Å². The fraction of sp³-hybridized carbons (Fsp3) is 0.760. The van der Waals surface area contributed by atoms with Gasteiger partial charge in [-0.3, -0.25) is 4.79 Å². The molecule has 0 saturated heterocycles. The molecule has 0 aromatic carbocycles. The molecule has 6 aliphatic rings. The van der Waals surface area contributed by atoms with Gasteiger partial charge in [0.15, 0.2) is 5.78 Å². The Morgan fingerprint density at radius 2 is 1.97 bits per heavy atom.